The Hall–Kier alpha value is -1.02. The summed E-state index contributed by atoms with van der Waals surface area (Å²) in [5.74, 6) is 0.836. The molecule has 1 rings (SSSR count). The molecule has 0 saturated heterocycles. The number of hydrogen-bond acceptors (Lipinski definition) is 2. The zero-order chi connectivity index (χ0) is 10.7. The van der Waals surface area contributed by atoms with Crippen molar-refractivity contribution in [2.24, 2.45) is 0 Å². The molecular weight excluding hydrogens is 176 g/mol. The number of hydrogen-bond donors (Lipinski definition) is 1. The van der Waals surface area contributed by atoms with E-state index in [9.17, 15) is 5.11 Å². The molecule has 0 aliphatic rings. The van der Waals surface area contributed by atoms with Crippen molar-refractivity contribution in [2.75, 3.05) is 6.61 Å². The second-order valence-electron chi connectivity index (χ2n) is 3.55. The molecule has 1 unspecified atom stereocenters. The first-order valence-corrected chi connectivity index (χ1v) is 4.98. The van der Waals surface area contributed by atoms with Gasteiger partial charge in [0.25, 0.3) is 0 Å². The third kappa shape index (κ3) is 2.07. The highest BCUT2D eigenvalue weighted by Crippen LogP contribution is 2.31. The molecule has 0 spiro atoms. The molecule has 0 heterocycles. The van der Waals surface area contributed by atoms with Gasteiger partial charge in [-0.2, -0.15) is 0 Å². The molecular formula is C12H18O2. The summed E-state index contributed by atoms with van der Waals surface area (Å²) < 4.78 is 5.55. The zero-order valence-electron chi connectivity index (χ0n) is 9.29. The van der Waals surface area contributed by atoms with Gasteiger partial charge in [-0.25, -0.2) is 0 Å². The van der Waals surface area contributed by atoms with Crippen molar-refractivity contribution in [3.63, 3.8) is 0 Å². The monoisotopic (exact) mass is 194 g/mol. The van der Waals surface area contributed by atoms with Gasteiger partial charge in [-0.3, -0.25) is 0 Å². The highest BCUT2D eigenvalue weighted by atomic mass is 16.5. The number of aliphatic hydroxyl groups excluding tert-OH is 1. The fourth-order valence-corrected chi connectivity index (χ4v) is 1.66. The van der Waals surface area contributed by atoms with Crippen LogP contribution in [-0.2, 0) is 0 Å². The number of ether oxygens (including phenoxy) is 1. The summed E-state index contributed by atoms with van der Waals surface area (Å²) in [6.07, 6.45) is -0.476. The van der Waals surface area contributed by atoms with Crippen LogP contribution >= 0.6 is 0 Å². The van der Waals surface area contributed by atoms with E-state index in [4.69, 9.17) is 4.74 Å². The highest BCUT2D eigenvalue weighted by molar-refractivity contribution is 5.46. The van der Waals surface area contributed by atoms with Gasteiger partial charge >= 0.3 is 0 Å². The summed E-state index contributed by atoms with van der Waals surface area (Å²) in [7, 11) is 0. The molecule has 0 bridgehead atoms. The van der Waals surface area contributed by atoms with Crippen molar-refractivity contribution in [3.05, 3.63) is 28.8 Å². The van der Waals surface area contributed by atoms with E-state index in [1.54, 1.807) is 6.92 Å². The van der Waals surface area contributed by atoms with Gasteiger partial charge in [-0.15, -0.1) is 0 Å². The average Bonchev–Trinajstić information content (AvgIpc) is 2.11. The first-order valence-electron chi connectivity index (χ1n) is 4.98. The van der Waals surface area contributed by atoms with Gasteiger partial charge in [0.05, 0.1) is 12.7 Å². The van der Waals surface area contributed by atoms with E-state index in [1.807, 2.05) is 32.9 Å². The molecule has 78 valence electrons. The summed E-state index contributed by atoms with van der Waals surface area (Å²) in [5, 5.41) is 9.66. The van der Waals surface area contributed by atoms with Crippen LogP contribution in [-0.4, -0.2) is 11.7 Å². The Morgan fingerprint density at radius 2 is 1.86 bits per heavy atom. The number of aliphatic hydroxyl groups is 1. The Kier molecular flexibility index (Phi) is 3.53. The Bertz CT molecular complexity index is 316. The molecule has 0 radical (unpaired) electrons. The second-order valence-corrected chi connectivity index (χ2v) is 3.55. The first-order chi connectivity index (χ1) is 6.57. The van der Waals surface area contributed by atoms with E-state index in [1.165, 1.54) is 0 Å². The summed E-state index contributed by atoms with van der Waals surface area (Å²) in [6.45, 7) is 8.34. The van der Waals surface area contributed by atoms with E-state index in [2.05, 4.69) is 0 Å². The standard InChI is InChI=1S/C12H18O2/c1-5-14-12-9(3)7-6-8(2)11(12)10(4)13/h6-7,10,13H,5H2,1-4H3. The minimum Gasteiger partial charge on any atom is -0.493 e. The van der Waals surface area contributed by atoms with Crippen LogP contribution in [0.4, 0.5) is 0 Å². The van der Waals surface area contributed by atoms with E-state index in [0.29, 0.717) is 6.61 Å². The summed E-state index contributed by atoms with van der Waals surface area (Å²) >= 11 is 0. The molecule has 0 saturated carbocycles. The van der Waals surface area contributed by atoms with E-state index in [0.717, 1.165) is 22.4 Å². The van der Waals surface area contributed by atoms with Gasteiger partial charge in [0.2, 0.25) is 0 Å². The molecule has 1 aromatic rings. The van der Waals surface area contributed by atoms with Crippen LogP contribution in [0.15, 0.2) is 12.1 Å². The normalized spacial score (nSPS) is 12.6. The van der Waals surface area contributed by atoms with Gasteiger partial charge in [-0.1, -0.05) is 12.1 Å². The van der Waals surface area contributed by atoms with Crippen molar-refractivity contribution in [1.29, 1.82) is 0 Å². The summed E-state index contributed by atoms with van der Waals surface area (Å²) in [5.41, 5.74) is 3.06. The van der Waals surface area contributed by atoms with E-state index >= 15 is 0 Å². The van der Waals surface area contributed by atoms with Crippen molar-refractivity contribution in [2.45, 2.75) is 33.8 Å². The molecule has 1 N–H and O–H groups in total. The predicted octanol–water partition coefficient (Wildman–Crippen LogP) is 2.76. The predicted molar refractivity (Wildman–Crippen MR) is 57.7 cm³/mol. The molecule has 2 nitrogen and oxygen atoms in total. The van der Waals surface area contributed by atoms with Crippen LogP contribution < -0.4 is 4.74 Å². The van der Waals surface area contributed by atoms with Crippen LogP contribution in [0.1, 0.15) is 36.6 Å². The van der Waals surface area contributed by atoms with Crippen LogP contribution in [0.3, 0.4) is 0 Å². The van der Waals surface area contributed by atoms with Crippen LogP contribution in [0.25, 0.3) is 0 Å². The summed E-state index contributed by atoms with van der Waals surface area (Å²) in [6, 6.07) is 4.03. The van der Waals surface area contributed by atoms with Crippen LogP contribution in [0.2, 0.25) is 0 Å². The maximum absolute atomic E-state index is 9.66. The van der Waals surface area contributed by atoms with E-state index in [-0.39, 0.29) is 0 Å². The number of aryl methyl sites for hydroxylation is 2. The van der Waals surface area contributed by atoms with Gasteiger partial charge in [0.15, 0.2) is 0 Å². The summed E-state index contributed by atoms with van der Waals surface area (Å²) in [4.78, 5) is 0. The average molecular weight is 194 g/mol. The Balaban J connectivity index is 3.26. The highest BCUT2D eigenvalue weighted by Gasteiger charge is 2.14. The molecule has 0 aliphatic heterocycles. The van der Waals surface area contributed by atoms with E-state index < -0.39 is 6.10 Å². The molecule has 0 fully saturated rings. The maximum Gasteiger partial charge on any atom is 0.128 e. The second kappa shape index (κ2) is 4.47. The van der Waals surface area contributed by atoms with Gasteiger partial charge in [0.1, 0.15) is 5.75 Å². The Labute approximate surface area is 85.5 Å². The topological polar surface area (TPSA) is 29.5 Å². The fourth-order valence-electron chi connectivity index (χ4n) is 1.66. The quantitative estimate of drug-likeness (QED) is 0.801. The minimum atomic E-state index is -0.476. The molecule has 0 aliphatic carbocycles. The molecule has 0 aromatic heterocycles. The lowest BCUT2D eigenvalue weighted by Gasteiger charge is -2.17. The maximum atomic E-state index is 9.66. The SMILES string of the molecule is CCOc1c(C)ccc(C)c1C(C)O. The Morgan fingerprint density at radius 3 is 2.36 bits per heavy atom. The van der Waals surface area contributed by atoms with Crippen LogP contribution in [0.5, 0.6) is 5.75 Å². The molecule has 1 atom stereocenters. The molecule has 14 heavy (non-hydrogen) atoms. The van der Waals surface area contributed by atoms with Crippen LogP contribution in [0, 0.1) is 13.8 Å². The molecule has 1 aromatic carbocycles. The van der Waals surface area contributed by atoms with Crippen molar-refractivity contribution >= 4 is 0 Å². The molecule has 0 amide bonds. The van der Waals surface area contributed by atoms with Crippen molar-refractivity contribution in [1.82, 2.24) is 0 Å². The van der Waals surface area contributed by atoms with Gasteiger partial charge in [0, 0.05) is 5.56 Å². The first kappa shape index (κ1) is 11.1. The third-order valence-electron chi connectivity index (χ3n) is 2.32. The zero-order valence-corrected chi connectivity index (χ0v) is 9.29. The van der Waals surface area contributed by atoms with Crippen molar-refractivity contribution in [3.8, 4) is 5.75 Å². The Morgan fingerprint density at radius 1 is 1.29 bits per heavy atom. The third-order valence-corrected chi connectivity index (χ3v) is 2.32. The lowest BCUT2D eigenvalue weighted by molar-refractivity contribution is 0.191. The lowest BCUT2D eigenvalue weighted by Crippen LogP contribution is -2.03. The smallest absolute Gasteiger partial charge is 0.128 e. The number of rotatable bonds is 3. The van der Waals surface area contributed by atoms with Crippen molar-refractivity contribution < 1.29 is 9.84 Å². The number of benzene rings is 1. The van der Waals surface area contributed by atoms with Gasteiger partial charge in [-0.05, 0) is 38.8 Å². The van der Waals surface area contributed by atoms with Gasteiger partial charge < -0.3 is 9.84 Å². The largest absolute Gasteiger partial charge is 0.493 e. The lowest BCUT2D eigenvalue weighted by atomic mass is 10.00. The fraction of sp³-hybridized carbons (Fsp3) is 0.500. The molecule has 2 heteroatoms. The minimum absolute atomic E-state index is 0.476.